The van der Waals surface area contributed by atoms with E-state index in [0.717, 1.165) is 18.1 Å². The molecule has 0 amide bonds. The second-order valence-corrected chi connectivity index (χ2v) is 4.52. The lowest BCUT2D eigenvalue weighted by molar-refractivity contribution is -0.131. The summed E-state index contributed by atoms with van der Waals surface area (Å²) >= 11 is 0. The van der Waals surface area contributed by atoms with Crippen LogP contribution in [0.5, 0.6) is 0 Å². The number of hydrogen-bond acceptors (Lipinski definition) is 2. The molecule has 0 aromatic carbocycles. The third kappa shape index (κ3) is 2.55. The molecule has 1 N–H and O–H groups in total. The molecule has 15 heavy (non-hydrogen) atoms. The molecule has 0 saturated heterocycles. The average molecular weight is 208 g/mol. The highest BCUT2D eigenvalue weighted by Gasteiger charge is 2.30. The van der Waals surface area contributed by atoms with Crippen LogP contribution in [0.2, 0.25) is 0 Å². The van der Waals surface area contributed by atoms with Crippen molar-refractivity contribution in [3.63, 3.8) is 0 Å². The fourth-order valence-corrected chi connectivity index (χ4v) is 1.91. The van der Waals surface area contributed by atoms with E-state index < -0.39 is 5.97 Å². The Balaban J connectivity index is 3.12. The quantitative estimate of drug-likeness (QED) is 0.708. The number of Topliss-reactive ketones (excluding diaryl/α,β-unsaturated/α-hetero) is 1. The van der Waals surface area contributed by atoms with Crippen LogP contribution in [0, 0.1) is 5.41 Å². The third-order valence-corrected chi connectivity index (χ3v) is 2.92. The van der Waals surface area contributed by atoms with Crippen molar-refractivity contribution in [1.29, 1.82) is 0 Å². The van der Waals surface area contributed by atoms with Crippen LogP contribution in [-0.2, 0) is 9.59 Å². The summed E-state index contributed by atoms with van der Waals surface area (Å²) in [5, 5.41) is 8.57. The Bertz CT molecular complexity index is 359. The SMILES string of the molecule is CC1=C(/C=C/C(=O)O)C(C)(C)CCC1=O. The molecule has 0 atom stereocenters. The number of carboxylic acids is 1. The molecule has 1 aliphatic carbocycles. The summed E-state index contributed by atoms with van der Waals surface area (Å²) in [7, 11) is 0. The molecule has 1 rings (SSSR count). The number of aliphatic carboxylic acids is 1. The van der Waals surface area contributed by atoms with Crippen molar-refractivity contribution < 1.29 is 14.7 Å². The number of hydrogen-bond donors (Lipinski definition) is 1. The first-order valence-electron chi connectivity index (χ1n) is 5.00. The molecule has 0 unspecified atom stereocenters. The summed E-state index contributed by atoms with van der Waals surface area (Å²) in [5.41, 5.74) is 1.44. The minimum absolute atomic E-state index is 0.107. The van der Waals surface area contributed by atoms with E-state index in [4.69, 9.17) is 5.11 Å². The Hall–Kier alpha value is -1.38. The molecule has 3 heteroatoms. The van der Waals surface area contributed by atoms with Crippen LogP contribution in [-0.4, -0.2) is 16.9 Å². The van der Waals surface area contributed by atoms with Gasteiger partial charge in [-0.3, -0.25) is 4.79 Å². The maximum atomic E-state index is 11.5. The zero-order valence-electron chi connectivity index (χ0n) is 9.33. The van der Waals surface area contributed by atoms with Gasteiger partial charge < -0.3 is 5.11 Å². The summed E-state index contributed by atoms with van der Waals surface area (Å²) < 4.78 is 0. The predicted octanol–water partition coefficient (Wildman–Crippen LogP) is 2.33. The number of carbonyl (C=O) groups is 2. The van der Waals surface area contributed by atoms with Crippen molar-refractivity contribution in [3.8, 4) is 0 Å². The van der Waals surface area contributed by atoms with E-state index >= 15 is 0 Å². The second-order valence-electron chi connectivity index (χ2n) is 4.52. The van der Waals surface area contributed by atoms with E-state index in [1.54, 1.807) is 13.0 Å². The lowest BCUT2D eigenvalue weighted by atomic mass is 9.72. The normalized spacial score (nSPS) is 21.1. The molecule has 0 heterocycles. The predicted molar refractivity (Wildman–Crippen MR) is 57.5 cm³/mol. The van der Waals surface area contributed by atoms with Gasteiger partial charge in [0.2, 0.25) is 0 Å². The topological polar surface area (TPSA) is 54.4 Å². The third-order valence-electron chi connectivity index (χ3n) is 2.92. The van der Waals surface area contributed by atoms with Gasteiger partial charge in [-0.15, -0.1) is 0 Å². The molecule has 0 saturated carbocycles. The average Bonchev–Trinajstić information content (AvgIpc) is 2.11. The number of ketones is 1. The monoisotopic (exact) mass is 208 g/mol. The van der Waals surface area contributed by atoms with E-state index in [-0.39, 0.29) is 11.2 Å². The van der Waals surface area contributed by atoms with Gasteiger partial charge in [0.1, 0.15) is 0 Å². The van der Waals surface area contributed by atoms with Crippen LogP contribution in [0.4, 0.5) is 0 Å². The van der Waals surface area contributed by atoms with Gasteiger partial charge in [0, 0.05) is 12.5 Å². The van der Waals surface area contributed by atoms with Crippen molar-refractivity contribution in [2.24, 2.45) is 5.41 Å². The minimum Gasteiger partial charge on any atom is -0.478 e. The highest BCUT2D eigenvalue weighted by atomic mass is 16.4. The van der Waals surface area contributed by atoms with Gasteiger partial charge in [-0.05, 0) is 29.9 Å². The number of allylic oxidation sites excluding steroid dienone is 3. The highest BCUT2D eigenvalue weighted by Crippen LogP contribution is 2.39. The molecule has 0 aliphatic heterocycles. The Morgan fingerprint density at radius 1 is 1.47 bits per heavy atom. The second kappa shape index (κ2) is 4.01. The van der Waals surface area contributed by atoms with Crippen LogP contribution in [0.1, 0.15) is 33.6 Å². The maximum Gasteiger partial charge on any atom is 0.328 e. The van der Waals surface area contributed by atoms with Gasteiger partial charge in [0.05, 0.1) is 0 Å². The van der Waals surface area contributed by atoms with E-state index in [2.05, 4.69) is 0 Å². The first-order chi connectivity index (χ1) is 6.84. The summed E-state index contributed by atoms with van der Waals surface area (Å²) in [5.74, 6) is -0.858. The summed E-state index contributed by atoms with van der Waals surface area (Å²) in [6.07, 6.45) is 3.99. The van der Waals surface area contributed by atoms with Crippen LogP contribution in [0.15, 0.2) is 23.3 Å². The summed E-state index contributed by atoms with van der Waals surface area (Å²) in [6.45, 7) is 5.83. The molecule has 0 aromatic rings. The lowest BCUT2D eigenvalue weighted by Crippen LogP contribution is -2.24. The first kappa shape index (κ1) is 11.7. The van der Waals surface area contributed by atoms with Crippen LogP contribution in [0.25, 0.3) is 0 Å². The van der Waals surface area contributed by atoms with Crippen molar-refractivity contribution in [2.45, 2.75) is 33.6 Å². The van der Waals surface area contributed by atoms with E-state index in [9.17, 15) is 9.59 Å². The van der Waals surface area contributed by atoms with Crippen molar-refractivity contribution in [3.05, 3.63) is 23.3 Å². The Kier molecular flexibility index (Phi) is 3.12. The Labute approximate surface area is 89.5 Å². The van der Waals surface area contributed by atoms with Crippen molar-refractivity contribution >= 4 is 11.8 Å². The molecule has 0 spiro atoms. The van der Waals surface area contributed by atoms with E-state index in [0.29, 0.717) is 12.0 Å². The van der Waals surface area contributed by atoms with Crippen LogP contribution < -0.4 is 0 Å². The van der Waals surface area contributed by atoms with Gasteiger partial charge in [-0.1, -0.05) is 19.9 Å². The van der Waals surface area contributed by atoms with Crippen molar-refractivity contribution in [2.75, 3.05) is 0 Å². The molecule has 0 aromatic heterocycles. The zero-order chi connectivity index (χ0) is 11.6. The highest BCUT2D eigenvalue weighted by molar-refractivity contribution is 5.97. The zero-order valence-corrected chi connectivity index (χ0v) is 9.33. The first-order valence-corrected chi connectivity index (χ1v) is 5.00. The van der Waals surface area contributed by atoms with Crippen LogP contribution in [0.3, 0.4) is 0 Å². The molecule has 3 nitrogen and oxygen atoms in total. The van der Waals surface area contributed by atoms with Gasteiger partial charge >= 0.3 is 5.97 Å². The molecule has 0 bridgehead atoms. The molecule has 0 fully saturated rings. The molecular weight excluding hydrogens is 192 g/mol. The standard InChI is InChI=1S/C12H16O3/c1-8-9(4-5-11(14)15)12(2,3)7-6-10(8)13/h4-5H,6-7H2,1-3H3,(H,14,15)/b5-4+. The van der Waals surface area contributed by atoms with Crippen LogP contribution >= 0.6 is 0 Å². The van der Waals surface area contributed by atoms with Crippen molar-refractivity contribution in [1.82, 2.24) is 0 Å². The molecule has 0 radical (unpaired) electrons. The molecule has 82 valence electrons. The van der Waals surface area contributed by atoms with E-state index in [1.807, 2.05) is 13.8 Å². The van der Waals surface area contributed by atoms with Gasteiger partial charge in [0.25, 0.3) is 0 Å². The van der Waals surface area contributed by atoms with Gasteiger partial charge in [0.15, 0.2) is 5.78 Å². The minimum atomic E-state index is -0.982. The smallest absolute Gasteiger partial charge is 0.328 e. The largest absolute Gasteiger partial charge is 0.478 e. The number of carboxylic acid groups (broad SMARTS) is 1. The fraction of sp³-hybridized carbons (Fsp3) is 0.500. The summed E-state index contributed by atoms with van der Waals surface area (Å²) in [4.78, 5) is 21.9. The number of carbonyl (C=O) groups excluding carboxylic acids is 1. The Morgan fingerprint density at radius 2 is 2.07 bits per heavy atom. The molecular formula is C12H16O3. The van der Waals surface area contributed by atoms with E-state index in [1.165, 1.54) is 0 Å². The maximum absolute atomic E-state index is 11.5. The Morgan fingerprint density at radius 3 is 2.60 bits per heavy atom. The molecule has 1 aliphatic rings. The van der Waals surface area contributed by atoms with Gasteiger partial charge in [-0.25, -0.2) is 4.79 Å². The van der Waals surface area contributed by atoms with Gasteiger partial charge in [-0.2, -0.15) is 0 Å². The number of rotatable bonds is 2. The fourth-order valence-electron chi connectivity index (χ4n) is 1.91. The lowest BCUT2D eigenvalue weighted by Gasteiger charge is -2.31. The summed E-state index contributed by atoms with van der Waals surface area (Å²) in [6, 6.07) is 0.